The van der Waals surface area contributed by atoms with Gasteiger partial charge in [0.2, 0.25) is 5.91 Å². The van der Waals surface area contributed by atoms with Gasteiger partial charge in [0.1, 0.15) is 0 Å². The zero-order valence-electron chi connectivity index (χ0n) is 13.4. The summed E-state index contributed by atoms with van der Waals surface area (Å²) in [6.07, 6.45) is 5.59. The van der Waals surface area contributed by atoms with Crippen LogP contribution >= 0.6 is 11.8 Å². The van der Waals surface area contributed by atoms with Crippen LogP contribution in [0.2, 0.25) is 0 Å². The van der Waals surface area contributed by atoms with E-state index in [1.54, 1.807) is 0 Å². The summed E-state index contributed by atoms with van der Waals surface area (Å²) in [6.45, 7) is 3.11. The normalized spacial score (nSPS) is 22.7. The molecule has 2 N–H and O–H groups in total. The number of rotatable bonds is 4. The zero-order valence-corrected chi connectivity index (χ0v) is 14.2. The van der Waals surface area contributed by atoms with Crippen LogP contribution in [0.15, 0.2) is 18.2 Å². The summed E-state index contributed by atoms with van der Waals surface area (Å²) in [4.78, 5) is 12.2. The topological polar surface area (TPSA) is 41.1 Å². The lowest BCUT2D eigenvalue weighted by Crippen LogP contribution is -2.41. The SMILES string of the molecule is CC(NC(=O)CC1CSCCN1)c1ccc2c(c1)CCCC2. The van der Waals surface area contributed by atoms with E-state index < -0.39 is 0 Å². The first-order valence-corrected chi connectivity index (χ1v) is 9.60. The second-order valence-corrected chi connectivity index (χ2v) is 7.60. The summed E-state index contributed by atoms with van der Waals surface area (Å²) in [5.74, 6) is 2.36. The predicted molar refractivity (Wildman–Crippen MR) is 93.4 cm³/mol. The maximum absolute atomic E-state index is 12.2. The van der Waals surface area contributed by atoms with Crippen LogP contribution in [0, 0.1) is 0 Å². The van der Waals surface area contributed by atoms with Crippen LogP contribution in [-0.2, 0) is 17.6 Å². The van der Waals surface area contributed by atoms with E-state index in [4.69, 9.17) is 0 Å². The lowest BCUT2D eigenvalue weighted by Gasteiger charge is -2.24. The Kier molecular flexibility index (Phi) is 5.42. The second kappa shape index (κ2) is 7.51. The molecule has 0 spiro atoms. The van der Waals surface area contributed by atoms with Crippen LogP contribution in [0.1, 0.15) is 48.9 Å². The first-order valence-electron chi connectivity index (χ1n) is 8.44. The van der Waals surface area contributed by atoms with Gasteiger partial charge in [-0.05, 0) is 49.3 Å². The number of hydrogen-bond donors (Lipinski definition) is 2. The van der Waals surface area contributed by atoms with E-state index in [1.165, 1.54) is 42.4 Å². The van der Waals surface area contributed by atoms with Crippen molar-refractivity contribution in [2.24, 2.45) is 0 Å². The minimum Gasteiger partial charge on any atom is -0.350 e. The molecule has 1 aliphatic heterocycles. The maximum atomic E-state index is 12.2. The maximum Gasteiger partial charge on any atom is 0.222 e. The van der Waals surface area contributed by atoms with Gasteiger partial charge in [0.25, 0.3) is 0 Å². The summed E-state index contributed by atoms with van der Waals surface area (Å²) in [6, 6.07) is 7.16. The number of carbonyl (C=O) groups excluding carboxylic acids is 1. The highest BCUT2D eigenvalue weighted by molar-refractivity contribution is 7.99. The molecule has 2 unspecified atom stereocenters. The number of fused-ring (bicyclic) bond motifs is 1. The van der Waals surface area contributed by atoms with Gasteiger partial charge >= 0.3 is 0 Å². The monoisotopic (exact) mass is 318 g/mol. The van der Waals surface area contributed by atoms with E-state index in [2.05, 4.69) is 35.8 Å². The Balaban J connectivity index is 1.56. The van der Waals surface area contributed by atoms with Gasteiger partial charge in [0, 0.05) is 30.5 Å². The van der Waals surface area contributed by atoms with Gasteiger partial charge in [-0.2, -0.15) is 11.8 Å². The Morgan fingerprint density at radius 2 is 2.18 bits per heavy atom. The molecule has 2 aliphatic rings. The molecule has 22 heavy (non-hydrogen) atoms. The fourth-order valence-electron chi connectivity index (χ4n) is 3.38. The van der Waals surface area contributed by atoms with Gasteiger partial charge in [0.15, 0.2) is 0 Å². The van der Waals surface area contributed by atoms with Crippen LogP contribution < -0.4 is 10.6 Å². The highest BCUT2D eigenvalue weighted by atomic mass is 32.2. The Bertz CT molecular complexity index is 526. The van der Waals surface area contributed by atoms with Crippen molar-refractivity contribution in [3.05, 3.63) is 34.9 Å². The Morgan fingerprint density at radius 1 is 1.36 bits per heavy atom. The van der Waals surface area contributed by atoms with Crippen molar-refractivity contribution in [1.82, 2.24) is 10.6 Å². The second-order valence-electron chi connectivity index (χ2n) is 6.45. The third-order valence-electron chi connectivity index (χ3n) is 4.68. The highest BCUT2D eigenvalue weighted by Gasteiger charge is 2.19. The molecule has 1 fully saturated rings. The molecule has 0 saturated carbocycles. The molecule has 1 aliphatic carbocycles. The van der Waals surface area contributed by atoms with Crippen molar-refractivity contribution in [2.45, 2.75) is 51.1 Å². The zero-order chi connectivity index (χ0) is 15.4. The molecule has 0 radical (unpaired) electrons. The van der Waals surface area contributed by atoms with Crippen LogP contribution in [-0.4, -0.2) is 30.0 Å². The molecule has 1 amide bonds. The van der Waals surface area contributed by atoms with Crippen molar-refractivity contribution in [3.8, 4) is 0 Å². The molecule has 1 saturated heterocycles. The number of aryl methyl sites for hydroxylation is 2. The quantitative estimate of drug-likeness (QED) is 0.897. The van der Waals surface area contributed by atoms with Crippen molar-refractivity contribution in [1.29, 1.82) is 0 Å². The molecule has 1 heterocycles. The molecular weight excluding hydrogens is 292 g/mol. The van der Waals surface area contributed by atoms with Crippen molar-refractivity contribution in [2.75, 3.05) is 18.1 Å². The van der Waals surface area contributed by atoms with Crippen LogP contribution in [0.4, 0.5) is 0 Å². The average Bonchev–Trinajstić information content (AvgIpc) is 2.55. The van der Waals surface area contributed by atoms with Crippen LogP contribution in [0.25, 0.3) is 0 Å². The van der Waals surface area contributed by atoms with Gasteiger partial charge in [-0.1, -0.05) is 18.2 Å². The fourth-order valence-corrected chi connectivity index (χ4v) is 4.33. The van der Waals surface area contributed by atoms with E-state index >= 15 is 0 Å². The van der Waals surface area contributed by atoms with Gasteiger partial charge in [-0.25, -0.2) is 0 Å². The number of amides is 1. The molecule has 0 bridgehead atoms. The molecule has 3 rings (SSSR count). The molecule has 4 heteroatoms. The average molecular weight is 318 g/mol. The van der Waals surface area contributed by atoms with Crippen molar-refractivity contribution < 1.29 is 4.79 Å². The lowest BCUT2D eigenvalue weighted by molar-refractivity contribution is -0.122. The molecule has 120 valence electrons. The van der Waals surface area contributed by atoms with E-state index in [0.717, 1.165) is 18.1 Å². The fraction of sp³-hybridized carbons (Fsp3) is 0.611. The van der Waals surface area contributed by atoms with Crippen LogP contribution in [0.5, 0.6) is 0 Å². The molecule has 1 aromatic rings. The first-order chi connectivity index (χ1) is 10.7. The Morgan fingerprint density at radius 3 is 2.95 bits per heavy atom. The Hall–Kier alpha value is -1.00. The number of benzene rings is 1. The van der Waals surface area contributed by atoms with Crippen molar-refractivity contribution in [3.63, 3.8) is 0 Å². The summed E-state index contributed by atoms with van der Waals surface area (Å²) in [5, 5.41) is 6.58. The largest absolute Gasteiger partial charge is 0.350 e. The van der Waals surface area contributed by atoms with Crippen LogP contribution in [0.3, 0.4) is 0 Å². The summed E-state index contributed by atoms with van der Waals surface area (Å²) >= 11 is 1.93. The van der Waals surface area contributed by atoms with Gasteiger partial charge in [0.05, 0.1) is 6.04 Å². The number of carbonyl (C=O) groups is 1. The van der Waals surface area contributed by atoms with E-state index in [9.17, 15) is 4.79 Å². The first kappa shape index (κ1) is 15.9. The number of nitrogens with one attached hydrogen (secondary N) is 2. The van der Waals surface area contributed by atoms with Gasteiger partial charge < -0.3 is 10.6 Å². The molecule has 0 aromatic heterocycles. The van der Waals surface area contributed by atoms with Crippen molar-refractivity contribution >= 4 is 17.7 Å². The number of hydrogen-bond acceptors (Lipinski definition) is 3. The molecule has 3 nitrogen and oxygen atoms in total. The Labute approximate surface area is 137 Å². The summed E-state index contributed by atoms with van der Waals surface area (Å²) < 4.78 is 0. The van der Waals surface area contributed by atoms with Gasteiger partial charge in [-0.3, -0.25) is 4.79 Å². The van der Waals surface area contributed by atoms with E-state index in [1.807, 2.05) is 11.8 Å². The molecular formula is C18H26N2OS. The smallest absolute Gasteiger partial charge is 0.222 e. The standard InChI is InChI=1S/C18H26N2OS/c1-13(20-18(21)11-17-12-22-9-8-19-17)15-7-6-14-4-2-3-5-16(14)10-15/h6-7,10,13,17,19H,2-5,8-9,11-12H2,1H3,(H,20,21). The van der Waals surface area contributed by atoms with E-state index in [0.29, 0.717) is 12.5 Å². The lowest BCUT2D eigenvalue weighted by atomic mass is 9.89. The summed E-state index contributed by atoms with van der Waals surface area (Å²) in [7, 11) is 0. The van der Waals surface area contributed by atoms with E-state index in [-0.39, 0.29) is 11.9 Å². The third kappa shape index (κ3) is 4.05. The minimum absolute atomic E-state index is 0.0935. The summed E-state index contributed by atoms with van der Waals surface area (Å²) in [5.41, 5.74) is 4.21. The molecule has 1 aromatic carbocycles. The predicted octanol–water partition coefficient (Wildman–Crippen LogP) is 2.84. The highest BCUT2D eigenvalue weighted by Crippen LogP contribution is 2.24. The van der Waals surface area contributed by atoms with Gasteiger partial charge in [-0.15, -0.1) is 0 Å². The minimum atomic E-state index is 0.0935. The third-order valence-corrected chi connectivity index (χ3v) is 5.81. The number of thioether (sulfide) groups is 1. The molecule has 2 atom stereocenters.